The van der Waals surface area contributed by atoms with Gasteiger partial charge in [-0.1, -0.05) is 23.4 Å². The number of anilines is 1. The van der Waals surface area contributed by atoms with Crippen molar-refractivity contribution in [3.8, 4) is 17.2 Å². The van der Waals surface area contributed by atoms with E-state index in [1.54, 1.807) is 18.5 Å². The number of ether oxygens (including phenoxy) is 1. The van der Waals surface area contributed by atoms with Crippen LogP contribution in [0.5, 0.6) is 5.75 Å². The third-order valence-corrected chi connectivity index (χ3v) is 3.46. The number of benzene rings is 1. The maximum Gasteiger partial charge on any atom is 0.260 e. The number of pyridine rings is 1. The second kappa shape index (κ2) is 4.59. The molecule has 6 heteroatoms. The number of hydrogen-bond acceptors (Lipinski definition) is 6. The first-order valence-electron chi connectivity index (χ1n) is 6.59. The molecule has 21 heavy (non-hydrogen) atoms. The predicted molar refractivity (Wildman–Crippen MR) is 75.5 cm³/mol. The lowest BCUT2D eigenvalue weighted by Crippen LogP contribution is -2.05. The van der Waals surface area contributed by atoms with Gasteiger partial charge in [-0.15, -0.1) is 0 Å². The topological polar surface area (TPSA) is 87.1 Å². The van der Waals surface area contributed by atoms with Crippen LogP contribution in [-0.4, -0.2) is 15.1 Å². The average molecular weight is 280 g/mol. The van der Waals surface area contributed by atoms with Crippen LogP contribution in [0, 0.1) is 0 Å². The highest BCUT2D eigenvalue weighted by molar-refractivity contribution is 5.68. The van der Waals surface area contributed by atoms with Crippen LogP contribution in [0.3, 0.4) is 0 Å². The Morgan fingerprint density at radius 2 is 2.10 bits per heavy atom. The number of fused-ring (bicyclic) bond motifs is 1. The molecule has 0 radical (unpaired) electrons. The van der Waals surface area contributed by atoms with Gasteiger partial charge >= 0.3 is 0 Å². The van der Waals surface area contributed by atoms with E-state index in [0.717, 1.165) is 17.7 Å². The predicted octanol–water partition coefficient (Wildman–Crippen LogP) is 2.39. The Morgan fingerprint density at radius 3 is 2.95 bits per heavy atom. The molecular weight excluding hydrogens is 268 g/mol. The van der Waals surface area contributed by atoms with Gasteiger partial charge in [-0.2, -0.15) is 4.98 Å². The van der Waals surface area contributed by atoms with Crippen molar-refractivity contribution >= 4 is 5.69 Å². The fourth-order valence-electron chi connectivity index (χ4n) is 2.40. The number of para-hydroxylation sites is 1. The number of hydrogen-bond donors (Lipinski definition) is 1. The Kier molecular flexibility index (Phi) is 2.60. The van der Waals surface area contributed by atoms with E-state index in [-0.39, 0.29) is 6.10 Å². The quantitative estimate of drug-likeness (QED) is 0.775. The van der Waals surface area contributed by atoms with Crippen molar-refractivity contribution < 1.29 is 9.26 Å². The van der Waals surface area contributed by atoms with Crippen LogP contribution in [0.4, 0.5) is 5.69 Å². The standard InChI is InChI=1S/C15H12N4O2/c16-11-8-17-6-5-10(11)15-18-14(19-21-15)13-7-9-3-1-2-4-12(9)20-13/h1-6,8,13H,7,16H2. The highest BCUT2D eigenvalue weighted by Crippen LogP contribution is 2.36. The summed E-state index contributed by atoms with van der Waals surface area (Å²) in [5.41, 5.74) is 8.20. The van der Waals surface area contributed by atoms with Gasteiger partial charge in [-0.05, 0) is 17.7 Å². The van der Waals surface area contributed by atoms with E-state index in [4.69, 9.17) is 15.0 Å². The van der Waals surface area contributed by atoms with Gasteiger partial charge in [-0.3, -0.25) is 4.98 Å². The molecule has 0 fully saturated rings. The van der Waals surface area contributed by atoms with Crippen molar-refractivity contribution in [1.29, 1.82) is 0 Å². The zero-order valence-electron chi connectivity index (χ0n) is 11.1. The second-order valence-electron chi connectivity index (χ2n) is 4.84. The molecule has 2 N–H and O–H groups in total. The van der Waals surface area contributed by atoms with Gasteiger partial charge in [0.2, 0.25) is 5.82 Å². The maximum absolute atomic E-state index is 5.86. The highest BCUT2D eigenvalue weighted by atomic mass is 16.5. The molecule has 3 heterocycles. The Bertz CT molecular complexity index is 775. The van der Waals surface area contributed by atoms with Crippen molar-refractivity contribution in [3.05, 3.63) is 54.1 Å². The summed E-state index contributed by atoms with van der Waals surface area (Å²) in [5, 5.41) is 4.01. The third kappa shape index (κ3) is 2.01. The van der Waals surface area contributed by atoms with Gasteiger partial charge in [0.25, 0.3) is 5.89 Å². The van der Waals surface area contributed by atoms with Crippen LogP contribution in [0.25, 0.3) is 11.5 Å². The Balaban J connectivity index is 1.63. The van der Waals surface area contributed by atoms with E-state index in [9.17, 15) is 0 Å². The molecule has 1 unspecified atom stereocenters. The molecule has 3 aromatic rings. The van der Waals surface area contributed by atoms with E-state index in [1.807, 2.05) is 24.3 Å². The van der Waals surface area contributed by atoms with Crippen LogP contribution in [-0.2, 0) is 6.42 Å². The van der Waals surface area contributed by atoms with Crippen LogP contribution in [0.2, 0.25) is 0 Å². The smallest absolute Gasteiger partial charge is 0.260 e. The summed E-state index contributed by atoms with van der Waals surface area (Å²) >= 11 is 0. The molecule has 0 bridgehead atoms. The van der Waals surface area contributed by atoms with E-state index in [2.05, 4.69) is 15.1 Å². The molecule has 0 amide bonds. The number of rotatable bonds is 2. The van der Waals surface area contributed by atoms with Gasteiger partial charge in [0.1, 0.15) is 5.75 Å². The summed E-state index contributed by atoms with van der Waals surface area (Å²) < 4.78 is 11.1. The molecule has 0 spiro atoms. The molecule has 0 saturated heterocycles. The normalized spacial score (nSPS) is 16.5. The fraction of sp³-hybridized carbons (Fsp3) is 0.133. The van der Waals surface area contributed by atoms with Crippen LogP contribution >= 0.6 is 0 Å². The fourth-order valence-corrected chi connectivity index (χ4v) is 2.40. The first-order chi connectivity index (χ1) is 10.3. The van der Waals surface area contributed by atoms with Gasteiger partial charge in [0.05, 0.1) is 17.4 Å². The minimum atomic E-state index is -0.219. The van der Waals surface area contributed by atoms with Crippen LogP contribution < -0.4 is 10.5 Å². The largest absolute Gasteiger partial charge is 0.482 e. The summed E-state index contributed by atoms with van der Waals surface area (Å²) in [6, 6.07) is 9.66. The summed E-state index contributed by atoms with van der Waals surface area (Å²) in [4.78, 5) is 8.34. The molecular formula is C15H12N4O2. The first-order valence-corrected chi connectivity index (χ1v) is 6.59. The first kappa shape index (κ1) is 11.9. The molecule has 0 aliphatic carbocycles. The van der Waals surface area contributed by atoms with Crippen molar-refractivity contribution in [2.45, 2.75) is 12.5 Å². The minimum absolute atomic E-state index is 0.219. The molecule has 1 aliphatic rings. The number of nitrogen functional groups attached to an aromatic ring is 1. The van der Waals surface area contributed by atoms with Crippen molar-refractivity contribution in [1.82, 2.24) is 15.1 Å². The molecule has 1 aliphatic heterocycles. The van der Waals surface area contributed by atoms with Gasteiger partial charge < -0.3 is 15.0 Å². The SMILES string of the molecule is Nc1cnccc1-c1nc(C2Cc3ccccc3O2)no1. The Hall–Kier alpha value is -2.89. The molecule has 104 valence electrons. The monoisotopic (exact) mass is 280 g/mol. The molecule has 4 rings (SSSR count). The Morgan fingerprint density at radius 1 is 1.19 bits per heavy atom. The van der Waals surface area contributed by atoms with E-state index >= 15 is 0 Å². The summed E-state index contributed by atoms with van der Waals surface area (Å²) in [5.74, 6) is 1.78. The van der Waals surface area contributed by atoms with Crippen LogP contribution in [0.15, 0.2) is 47.2 Å². The lowest BCUT2D eigenvalue weighted by atomic mass is 10.1. The highest BCUT2D eigenvalue weighted by Gasteiger charge is 2.28. The zero-order valence-corrected chi connectivity index (χ0v) is 11.1. The van der Waals surface area contributed by atoms with Gasteiger partial charge in [-0.25, -0.2) is 0 Å². The lowest BCUT2D eigenvalue weighted by Gasteiger charge is -2.04. The second-order valence-corrected chi connectivity index (χ2v) is 4.84. The number of nitrogens with zero attached hydrogens (tertiary/aromatic N) is 3. The summed E-state index contributed by atoms with van der Waals surface area (Å²) in [6.07, 6.45) is 3.71. The van der Waals surface area contributed by atoms with E-state index in [0.29, 0.717) is 23.0 Å². The third-order valence-electron chi connectivity index (χ3n) is 3.46. The van der Waals surface area contributed by atoms with Gasteiger partial charge in [0.15, 0.2) is 6.10 Å². The van der Waals surface area contributed by atoms with E-state index in [1.165, 1.54) is 0 Å². The van der Waals surface area contributed by atoms with Crippen molar-refractivity contribution in [2.24, 2.45) is 0 Å². The minimum Gasteiger partial charge on any atom is -0.482 e. The maximum atomic E-state index is 5.86. The number of aromatic nitrogens is 3. The summed E-state index contributed by atoms with van der Waals surface area (Å²) in [6.45, 7) is 0. The molecule has 0 saturated carbocycles. The lowest BCUT2D eigenvalue weighted by molar-refractivity contribution is 0.221. The average Bonchev–Trinajstić information content (AvgIpc) is 3.14. The Labute approximate surface area is 120 Å². The van der Waals surface area contributed by atoms with Gasteiger partial charge in [0, 0.05) is 12.6 Å². The molecule has 1 atom stereocenters. The van der Waals surface area contributed by atoms with Crippen molar-refractivity contribution in [2.75, 3.05) is 5.73 Å². The van der Waals surface area contributed by atoms with Crippen LogP contribution in [0.1, 0.15) is 17.5 Å². The number of nitrogens with two attached hydrogens (primary N) is 1. The summed E-state index contributed by atoms with van der Waals surface area (Å²) in [7, 11) is 0. The zero-order chi connectivity index (χ0) is 14.2. The molecule has 1 aromatic carbocycles. The molecule has 2 aromatic heterocycles. The van der Waals surface area contributed by atoms with E-state index < -0.39 is 0 Å². The molecule has 6 nitrogen and oxygen atoms in total. The van der Waals surface area contributed by atoms with Crippen molar-refractivity contribution in [3.63, 3.8) is 0 Å².